The van der Waals surface area contributed by atoms with Crippen LogP contribution in [0.25, 0.3) is 0 Å². The Morgan fingerprint density at radius 2 is 1.62 bits per heavy atom. The Morgan fingerprint density at radius 3 is 2.31 bits per heavy atom. The number of nitrogens with zero attached hydrogens (tertiary/aromatic N) is 4. The molecule has 0 bridgehead atoms. The number of hydrogen-bond donors (Lipinski definition) is 0. The van der Waals surface area contributed by atoms with Gasteiger partial charge in [0, 0.05) is 36.9 Å². The molecule has 3 aliphatic rings. The summed E-state index contributed by atoms with van der Waals surface area (Å²) in [5.74, 6) is 0. The molecule has 150 valence electrons. The molecule has 3 aliphatic heterocycles. The van der Waals surface area contributed by atoms with E-state index in [0.29, 0.717) is 0 Å². The van der Waals surface area contributed by atoms with Crippen molar-refractivity contribution in [2.75, 3.05) is 29.8 Å². The minimum absolute atomic E-state index is 0.241. The Labute approximate surface area is 172 Å². The van der Waals surface area contributed by atoms with Crippen LogP contribution in [-0.4, -0.2) is 31.0 Å². The van der Waals surface area contributed by atoms with Crippen molar-refractivity contribution in [3.05, 3.63) is 71.2 Å². The third-order valence-electron chi connectivity index (χ3n) is 6.42. The number of para-hydroxylation sites is 2. The van der Waals surface area contributed by atoms with Crippen LogP contribution in [0, 0.1) is 0 Å². The molecule has 2 aromatic carbocycles. The van der Waals surface area contributed by atoms with E-state index < -0.39 is 7.44 Å². The van der Waals surface area contributed by atoms with Crippen molar-refractivity contribution in [2.24, 2.45) is 5.10 Å². The van der Waals surface area contributed by atoms with Gasteiger partial charge in [-0.1, -0.05) is 50.2 Å². The van der Waals surface area contributed by atoms with E-state index in [-0.39, 0.29) is 5.41 Å². The largest absolute Gasteiger partial charge is 0.346 e. The first-order valence-electron chi connectivity index (χ1n) is 10.3. The third kappa shape index (κ3) is 2.57. The van der Waals surface area contributed by atoms with Gasteiger partial charge >= 0.3 is 0 Å². The zero-order valence-electron chi connectivity index (χ0n) is 17.2. The second-order valence-electron chi connectivity index (χ2n) is 8.51. The summed E-state index contributed by atoms with van der Waals surface area (Å²) < 4.78 is 18.8. The second-order valence-corrected chi connectivity index (χ2v) is 11.0. The fourth-order valence-electron chi connectivity index (χ4n) is 5.04. The average Bonchev–Trinajstić information content (AvgIpc) is 3.42. The van der Waals surface area contributed by atoms with Crippen molar-refractivity contribution >= 4 is 25.0 Å². The molecule has 5 nitrogen and oxygen atoms in total. The maximum Gasteiger partial charge on any atom is 0.292 e. The van der Waals surface area contributed by atoms with Crippen LogP contribution in [0.2, 0.25) is 0 Å². The molecule has 0 radical (unpaired) electrons. The van der Waals surface area contributed by atoms with Gasteiger partial charge in [0.25, 0.3) is 7.44 Å². The monoisotopic (exact) mass is 406 g/mol. The first-order chi connectivity index (χ1) is 14.0. The molecule has 0 amide bonds. The van der Waals surface area contributed by atoms with E-state index in [1.165, 1.54) is 11.3 Å². The van der Waals surface area contributed by atoms with Crippen LogP contribution < -0.4 is 9.68 Å². The van der Waals surface area contributed by atoms with Gasteiger partial charge in [-0.2, -0.15) is 9.88 Å². The number of anilines is 2. The highest BCUT2D eigenvalue weighted by Gasteiger charge is 2.51. The van der Waals surface area contributed by atoms with Crippen molar-refractivity contribution in [3.63, 3.8) is 0 Å². The summed E-state index contributed by atoms with van der Waals surface area (Å²) in [5, 5.41) is 5.58. The molecule has 0 N–H and O–H groups in total. The average molecular weight is 406 g/mol. The highest BCUT2D eigenvalue weighted by atomic mass is 31.2. The number of likely N-dealkylation sites (N-methyl/N-ethyl adjacent to an activating group) is 1. The van der Waals surface area contributed by atoms with Crippen molar-refractivity contribution in [2.45, 2.75) is 32.1 Å². The summed E-state index contributed by atoms with van der Waals surface area (Å²) in [6.07, 6.45) is 4.01. The van der Waals surface area contributed by atoms with E-state index in [2.05, 4.69) is 54.7 Å². The maximum atomic E-state index is 14.9. The number of fused-ring (bicyclic) bond motifs is 1. The predicted molar refractivity (Wildman–Crippen MR) is 121 cm³/mol. The molecule has 0 spiro atoms. The van der Waals surface area contributed by atoms with Gasteiger partial charge in [-0.25, -0.2) is 4.67 Å². The van der Waals surface area contributed by atoms with E-state index in [9.17, 15) is 4.57 Å². The smallest absolute Gasteiger partial charge is 0.292 e. The Morgan fingerprint density at radius 1 is 0.966 bits per heavy atom. The lowest BCUT2D eigenvalue weighted by molar-refractivity contribution is 0.478. The highest BCUT2D eigenvalue weighted by molar-refractivity contribution is 7.69. The van der Waals surface area contributed by atoms with E-state index >= 15 is 0 Å². The van der Waals surface area contributed by atoms with Crippen molar-refractivity contribution in [1.82, 2.24) is 4.67 Å². The number of hydrogen-bond acceptors (Lipinski definition) is 3. The zero-order valence-corrected chi connectivity index (χ0v) is 18.1. The van der Waals surface area contributed by atoms with E-state index in [4.69, 9.17) is 5.10 Å². The van der Waals surface area contributed by atoms with Crippen LogP contribution in [-0.2, 0) is 9.98 Å². The SMILES string of the molecule is CN1/C(=C2/C=NN(c3ccccc3)[P@@]2(=O)N2CCCC2)C(C)(C)c2ccccc21. The standard InChI is InChI=1S/C23H27N4OP/c1-23(2)19-13-7-8-14-20(19)25(3)22(23)21-17-24-27(18-11-5-4-6-12-18)29(21,28)26-15-9-10-16-26/h4-8,11-14,17H,9-10,15-16H2,1-3H3/b22-21-/t29-/m0/s1. The molecule has 2 aromatic rings. The van der Waals surface area contributed by atoms with Crippen molar-refractivity contribution in [3.8, 4) is 0 Å². The lowest BCUT2D eigenvalue weighted by atomic mass is 9.84. The molecule has 0 aliphatic carbocycles. The molecular weight excluding hydrogens is 379 g/mol. The van der Waals surface area contributed by atoms with Crippen molar-refractivity contribution < 1.29 is 4.57 Å². The van der Waals surface area contributed by atoms with Gasteiger partial charge in [-0.15, -0.1) is 0 Å². The normalized spacial score (nSPS) is 28.4. The molecular formula is C23H27N4OP. The summed E-state index contributed by atoms with van der Waals surface area (Å²) in [4.78, 5) is 2.22. The molecule has 1 atom stereocenters. The van der Waals surface area contributed by atoms with Gasteiger partial charge in [-0.3, -0.25) is 4.57 Å². The van der Waals surface area contributed by atoms with Crippen molar-refractivity contribution in [1.29, 1.82) is 0 Å². The first kappa shape index (κ1) is 18.7. The highest BCUT2D eigenvalue weighted by Crippen LogP contribution is 2.67. The summed E-state index contributed by atoms with van der Waals surface area (Å²) in [6.45, 7) is 6.14. The third-order valence-corrected chi connectivity index (χ3v) is 9.39. The van der Waals surface area contributed by atoms with Crippen LogP contribution in [0.15, 0.2) is 70.7 Å². The summed E-state index contributed by atoms with van der Waals surface area (Å²) in [5.41, 5.74) is 4.18. The zero-order chi connectivity index (χ0) is 20.2. The molecule has 0 aromatic heterocycles. The molecule has 0 unspecified atom stereocenters. The molecule has 5 rings (SSSR count). The van der Waals surface area contributed by atoms with Gasteiger partial charge in [0.15, 0.2) is 0 Å². The van der Waals surface area contributed by atoms with Gasteiger partial charge in [0.05, 0.1) is 17.2 Å². The number of allylic oxidation sites excluding steroid dienone is 2. The fourth-order valence-corrected chi connectivity index (χ4v) is 8.16. The number of benzene rings is 2. The number of hydrazone groups is 1. The topological polar surface area (TPSA) is 39.1 Å². The van der Waals surface area contributed by atoms with Crippen LogP contribution in [0.1, 0.15) is 32.3 Å². The molecule has 3 heterocycles. The molecule has 1 fully saturated rings. The summed E-state index contributed by atoms with van der Waals surface area (Å²) >= 11 is 0. The Hall–Kier alpha value is -2.36. The Bertz CT molecular complexity index is 1050. The van der Waals surface area contributed by atoms with Gasteiger partial charge in [0.2, 0.25) is 0 Å². The van der Waals surface area contributed by atoms with Crippen LogP contribution >= 0.6 is 7.44 Å². The van der Waals surface area contributed by atoms with Gasteiger partial charge in [0.1, 0.15) is 0 Å². The van der Waals surface area contributed by atoms with E-state index in [0.717, 1.165) is 42.6 Å². The Balaban J connectivity index is 1.73. The molecule has 1 saturated heterocycles. The summed E-state index contributed by atoms with van der Waals surface area (Å²) in [6, 6.07) is 18.4. The quantitative estimate of drug-likeness (QED) is 0.624. The van der Waals surface area contributed by atoms with E-state index in [1.807, 2.05) is 36.5 Å². The second kappa shape index (κ2) is 6.58. The molecule has 29 heavy (non-hydrogen) atoms. The minimum atomic E-state index is -3.07. The van der Waals surface area contributed by atoms with Gasteiger partial charge in [-0.05, 0) is 36.6 Å². The number of rotatable bonds is 2. The van der Waals surface area contributed by atoms with E-state index in [1.54, 1.807) is 4.78 Å². The lowest BCUT2D eigenvalue weighted by Crippen LogP contribution is -2.30. The van der Waals surface area contributed by atoms with Crippen LogP contribution in [0.4, 0.5) is 11.4 Å². The van der Waals surface area contributed by atoms with Crippen LogP contribution in [0.3, 0.4) is 0 Å². The van der Waals surface area contributed by atoms with Crippen LogP contribution in [0.5, 0.6) is 0 Å². The predicted octanol–water partition coefficient (Wildman–Crippen LogP) is 5.42. The Kier molecular flexibility index (Phi) is 4.23. The van der Waals surface area contributed by atoms with Gasteiger partial charge < -0.3 is 4.90 Å². The summed E-state index contributed by atoms with van der Waals surface area (Å²) in [7, 11) is -0.986. The minimum Gasteiger partial charge on any atom is -0.346 e. The first-order valence-corrected chi connectivity index (χ1v) is 11.9. The molecule has 6 heteroatoms. The fraction of sp³-hybridized carbons (Fsp3) is 0.348. The maximum absolute atomic E-state index is 14.9. The lowest BCUT2D eigenvalue weighted by Gasteiger charge is -2.35. The molecule has 0 saturated carbocycles.